The number of benzene rings is 1. The minimum atomic E-state index is -4.25. The molecule has 1 saturated carbocycles. The van der Waals surface area contributed by atoms with Gasteiger partial charge in [0.1, 0.15) is 0 Å². The van der Waals surface area contributed by atoms with Crippen molar-refractivity contribution in [2.75, 3.05) is 0 Å². The smallest absolute Gasteiger partial charge is 0.313 e. The first kappa shape index (κ1) is 21.3. The maximum atomic E-state index is 12.7. The fraction of sp³-hybridized carbons (Fsp3) is 0.261. The van der Waals surface area contributed by atoms with Gasteiger partial charge >= 0.3 is 11.9 Å². The van der Waals surface area contributed by atoms with Crippen molar-refractivity contribution in [2.24, 2.45) is 0 Å². The molecular weight excluding hydrogens is 463 g/mol. The lowest BCUT2D eigenvalue weighted by Gasteiger charge is -2.09. The molecule has 12 heteroatoms. The first-order valence-electron chi connectivity index (χ1n) is 11.0. The number of halogens is 3. The van der Waals surface area contributed by atoms with Crippen LogP contribution in [-0.2, 0) is 6.54 Å². The number of rotatable bonds is 5. The lowest BCUT2D eigenvalue weighted by atomic mass is 10.0. The lowest BCUT2D eigenvalue weighted by molar-refractivity contribution is -0.137. The zero-order valence-electron chi connectivity index (χ0n) is 18.1. The maximum absolute atomic E-state index is 12.7. The molecule has 0 amide bonds. The van der Waals surface area contributed by atoms with E-state index >= 15 is 0 Å². The average molecular weight is 481 g/mol. The Balaban J connectivity index is 1.35. The normalized spacial score (nSPS) is 17.9. The molecule has 1 fully saturated rings. The van der Waals surface area contributed by atoms with Crippen molar-refractivity contribution < 1.29 is 13.2 Å². The molecule has 0 aliphatic heterocycles. The minimum absolute atomic E-state index is 0.0903. The quantitative estimate of drug-likeness (QED) is 0.400. The third-order valence-electron chi connectivity index (χ3n) is 6.38. The zero-order valence-corrected chi connectivity index (χ0v) is 18.1. The van der Waals surface area contributed by atoms with E-state index < -0.39 is 23.8 Å². The zero-order chi connectivity index (χ0) is 24.3. The third kappa shape index (κ3) is 3.90. The topological polar surface area (TPSA) is 114 Å². The van der Waals surface area contributed by atoms with Gasteiger partial charge in [-0.3, -0.25) is 14.5 Å². The molecule has 1 aromatic carbocycles. The number of aromatic nitrogens is 7. The van der Waals surface area contributed by atoms with Crippen LogP contribution >= 0.6 is 0 Å². The fourth-order valence-electron chi connectivity index (χ4n) is 4.58. The molecule has 1 aliphatic carbocycles. The van der Waals surface area contributed by atoms with Gasteiger partial charge in [0.2, 0.25) is 0 Å². The molecule has 1 aliphatic rings. The number of nitrogens with zero attached hydrogens (tertiary/aromatic N) is 5. The lowest BCUT2D eigenvalue weighted by Crippen LogP contribution is -2.23. The van der Waals surface area contributed by atoms with Crippen molar-refractivity contribution in [1.29, 1.82) is 0 Å². The van der Waals surface area contributed by atoms with E-state index in [1.807, 2.05) is 24.3 Å². The molecule has 4 heterocycles. The summed E-state index contributed by atoms with van der Waals surface area (Å²) in [5.41, 5.74) is 2.72. The van der Waals surface area contributed by atoms with E-state index in [9.17, 15) is 22.8 Å². The van der Waals surface area contributed by atoms with Gasteiger partial charge in [-0.2, -0.15) is 23.4 Å². The highest BCUT2D eigenvalue weighted by molar-refractivity contribution is 5.79. The van der Waals surface area contributed by atoms with Gasteiger partial charge in [-0.15, -0.1) is 0 Å². The summed E-state index contributed by atoms with van der Waals surface area (Å²) in [5, 5.41) is 9.37. The third-order valence-corrected chi connectivity index (χ3v) is 6.38. The van der Waals surface area contributed by atoms with E-state index in [1.54, 1.807) is 23.1 Å². The van der Waals surface area contributed by atoms with Gasteiger partial charge in [0.05, 0.1) is 35.9 Å². The molecule has 35 heavy (non-hydrogen) atoms. The van der Waals surface area contributed by atoms with Crippen molar-refractivity contribution in [1.82, 2.24) is 34.3 Å². The largest absolute Gasteiger partial charge is 0.390 e. The summed E-state index contributed by atoms with van der Waals surface area (Å²) in [6, 6.07) is 7.56. The van der Waals surface area contributed by atoms with E-state index in [0.717, 1.165) is 22.9 Å². The second kappa shape index (κ2) is 7.65. The summed E-state index contributed by atoms with van der Waals surface area (Å²) < 4.78 is 41.1. The summed E-state index contributed by atoms with van der Waals surface area (Å²) in [5.74, 6) is 0.225. The van der Waals surface area contributed by atoms with Gasteiger partial charge in [0, 0.05) is 29.5 Å². The molecule has 0 radical (unpaired) electrons. The molecule has 2 atom stereocenters. The summed E-state index contributed by atoms with van der Waals surface area (Å²) in [4.78, 5) is 32.8. The van der Waals surface area contributed by atoms with E-state index in [0.29, 0.717) is 16.9 Å². The molecule has 9 nitrogen and oxygen atoms in total. The highest BCUT2D eigenvalue weighted by Gasteiger charge is 2.41. The molecule has 5 aromatic rings. The van der Waals surface area contributed by atoms with E-state index in [1.165, 1.54) is 10.9 Å². The molecule has 0 saturated heterocycles. The first-order chi connectivity index (χ1) is 16.8. The Hall–Kier alpha value is -4.22. The number of alkyl halides is 3. The number of hydrogen-bond donors (Lipinski definition) is 2. The Morgan fingerprint density at radius 3 is 2.80 bits per heavy atom. The standard InChI is InChI=1S/C23H18F3N7O2/c24-23(25,26)3-5-32-19-7-12(1-2-13(19)10-29-32)14-8-15(14)16-9-18(31-33-6-4-27-20(16)33)17-11-28-22(35)30-21(17)34/h1-2,4,6-7,9-11,14-15H,3,5,8H2,(H2,28,30,34,35)/t14-,15+/m1/s1. The van der Waals surface area contributed by atoms with Gasteiger partial charge in [-0.05, 0) is 36.0 Å². The molecule has 178 valence electrons. The number of aryl methyl sites for hydroxylation is 1. The van der Waals surface area contributed by atoms with Gasteiger partial charge in [0.25, 0.3) is 5.56 Å². The second-order valence-corrected chi connectivity index (χ2v) is 8.67. The number of H-pyrrole nitrogens is 2. The van der Waals surface area contributed by atoms with Crippen LogP contribution < -0.4 is 11.2 Å². The van der Waals surface area contributed by atoms with Crippen LogP contribution in [0.25, 0.3) is 27.8 Å². The molecule has 0 unspecified atom stereocenters. The molecule has 6 rings (SSSR count). The molecule has 0 bridgehead atoms. The Bertz CT molecular complexity index is 1700. The monoisotopic (exact) mass is 481 g/mol. The first-order valence-corrected chi connectivity index (χ1v) is 11.0. The summed E-state index contributed by atoms with van der Waals surface area (Å²) in [6.45, 7) is -0.235. The van der Waals surface area contributed by atoms with Crippen LogP contribution in [0.4, 0.5) is 13.2 Å². The van der Waals surface area contributed by atoms with Crippen LogP contribution in [0.5, 0.6) is 0 Å². The van der Waals surface area contributed by atoms with Gasteiger partial charge in [0.15, 0.2) is 5.65 Å². The highest BCUT2D eigenvalue weighted by atomic mass is 19.4. The van der Waals surface area contributed by atoms with Crippen molar-refractivity contribution in [3.63, 3.8) is 0 Å². The SMILES string of the molecule is O=c1[nH]cc(-c2cc([C@H]3C[C@@H]3c3ccc4cnn(CCC(F)(F)F)c4c3)c3nccn3n2)c(=O)[nH]1. The number of hydrogen-bond acceptors (Lipinski definition) is 5. The molecule has 4 aromatic heterocycles. The van der Waals surface area contributed by atoms with Crippen molar-refractivity contribution in [3.8, 4) is 11.3 Å². The van der Waals surface area contributed by atoms with E-state index in [2.05, 4.69) is 25.1 Å². The van der Waals surface area contributed by atoms with E-state index in [4.69, 9.17) is 0 Å². The Kier molecular flexibility index (Phi) is 4.66. The summed E-state index contributed by atoms with van der Waals surface area (Å²) in [7, 11) is 0. The van der Waals surface area contributed by atoms with Crippen molar-refractivity contribution in [3.05, 3.63) is 81.0 Å². The van der Waals surface area contributed by atoms with Crippen LogP contribution in [0, 0.1) is 0 Å². The fourth-order valence-corrected chi connectivity index (χ4v) is 4.58. The van der Waals surface area contributed by atoms with Gasteiger partial charge in [-0.25, -0.2) is 14.3 Å². The van der Waals surface area contributed by atoms with Gasteiger partial charge < -0.3 is 4.98 Å². The second-order valence-electron chi connectivity index (χ2n) is 8.67. The minimum Gasteiger partial charge on any atom is -0.313 e. The number of fused-ring (bicyclic) bond motifs is 2. The molecular formula is C23H18F3N7O2. The van der Waals surface area contributed by atoms with Crippen molar-refractivity contribution in [2.45, 2.75) is 37.4 Å². The van der Waals surface area contributed by atoms with Crippen LogP contribution in [0.2, 0.25) is 0 Å². The summed E-state index contributed by atoms with van der Waals surface area (Å²) in [6.07, 6.45) is 1.83. The Morgan fingerprint density at radius 1 is 1.14 bits per heavy atom. The number of aromatic amines is 2. The molecule has 2 N–H and O–H groups in total. The number of imidazole rings is 1. The van der Waals surface area contributed by atoms with Crippen LogP contribution in [0.1, 0.15) is 35.8 Å². The maximum Gasteiger partial charge on any atom is 0.390 e. The summed E-state index contributed by atoms with van der Waals surface area (Å²) >= 11 is 0. The Labute approximate surface area is 194 Å². The average Bonchev–Trinajstić information content (AvgIpc) is 3.27. The molecule has 0 spiro atoms. The number of nitrogens with one attached hydrogen (secondary N) is 2. The van der Waals surface area contributed by atoms with E-state index in [-0.39, 0.29) is 23.9 Å². The van der Waals surface area contributed by atoms with Crippen LogP contribution in [0.15, 0.2) is 58.6 Å². The Morgan fingerprint density at radius 2 is 2.00 bits per heavy atom. The predicted octanol–water partition coefficient (Wildman–Crippen LogP) is 3.35. The van der Waals surface area contributed by atoms with Crippen molar-refractivity contribution >= 4 is 16.6 Å². The predicted molar refractivity (Wildman–Crippen MR) is 120 cm³/mol. The van der Waals surface area contributed by atoms with Gasteiger partial charge in [-0.1, -0.05) is 12.1 Å². The van der Waals surface area contributed by atoms with Crippen LogP contribution in [0.3, 0.4) is 0 Å². The van der Waals surface area contributed by atoms with Crippen LogP contribution in [-0.4, -0.2) is 40.5 Å². The highest BCUT2D eigenvalue weighted by Crippen LogP contribution is 2.56.